The van der Waals surface area contributed by atoms with Gasteiger partial charge >= 0.3 is 5.69 Å². The number of pyridine rings is 1. The van der Waals surface area contributed by atoms with Crippen LogP contribution in [-0.2, 0) is 0 Å². The Kier molecular flexibility index (Phi) is 4.41. The molecule has 1 N–H and O–H groups in total. The fourth-order valence-corrected chi connectivity index (χ4v) is 3.34. The van der Waals surface area contributed by atoms with Crippen LogP contribution < -0.4 is 5.69 Å². The predicted molar refractivity (Wildman–Crippen MR) is 95.1 cm³/mol. The van der Waals surface area contributed by atoms with E-state index < -0.39 is 0 Å². The summed E-state index contributed by atoms with van der Waals surface area (Å²) >= 11 is 6.43. The van der Waals surface area contributed by atoms with Gasteiger partial charge in [0.05, 0.1) is 22.2 Å². The number of rotatable bonds is 4. The zero-order valence-corrected chi connectivity index (χ0v) is 14.3. The van der Waals surface area contributed by atoms with Gasteiger partial charge in [0.25, 0.3) is 0 Å². The number of H-pyrrole nitrogens is 1. The molecule has 0 spiro atoms. The first-order valence-corrected chi connectivity index (χ1v) is 8.27. The molecule has 0 saturated heterocycles. The molecule has 0 aliphatic heterocycles. The van der Waals surface area contributed by atoms with E-state index in [1.165, 1.54) is 6.20 Å². The summed E-state index contributed by atoms with van der Waals surface area (Å²) in [6, 6.07) is 9.40. The monoisotopic (exact) mass is 340 g/mol. The molecule has 6 heteroatoms. The molecular weight excluding hydrogens is 324 g/mol. The van der Waals surface area contributed by atoms with Gasteiger partial charge in [0.1, 0.15) is 0 Å². The number of nitrogens with one attached hydrogen (secondary N) is 1. The average Bonchev–Trinajstić information content (AvgIpc) is 2.92. The van der Waals surface area contributed by atoms with Crippen molar-refractivity contribution in [3.05, 3.63) is 51.5 Å². The highest BCUT2D eigenvalue weighted by Gasteiger charge is 2.20. The maximum absolute atomic E-state index is 12.5. The first-order valence-electron chi connectivity index (χ1n) is 7.89. The summed E-state index contributed by atoms with van der Waals surface area (Å²) < 4.78 is 1.74. The second-order valence-electron chi connectivity index (χ2n) is 5.64. The van der Waals surface area contributed by atoms with Crippen LogP contribution in [0, 0.1) is 11.3 Å². The lowest BCUT2D eigenvalue weighted by molar-refractivity contribution is 0.472. The van der Waals surface area contributed by atoms with Crippen molar-refractivity contribution in [3.63, 3.8) is 0 Å². The Morgan fingerprint density at radius 2 is 2.12 bits per heavy atom. The summed E-state index contributed by atoms with van der Waals surface area (Å²) in [6.07, 6.45) is 3.19. The van der Waals surface area contributed by atoms with Crippen LogP contribution in [0.15, 0.2) is 35.3 Å². The number of aromatic nitrogens is 3. The largest absolute Gasteiger partial charge is 0.327 e. The molecule has 0 aliphatic rings. The molecule has 0 radical (unpaired) electrons. The molecule has 1 aromatic carbocycles. The summed E-state index contributed by atoms with van der Waals surface area (Å²) in [5.41, 5.74) is 3.07. The average molecular weight is 341 g/mol. The molecule has 2 heterocycles. The summed E-state index contributed by atoms with van der Waals surface area (Å²) in [7, 11) is 0. The number of imidazole rings is 1. The van der Waals surface area contributed by atoms with Crippen molar-refractivity contribution in [1.29, 1.82) is 5.26 Å². The van der Waals surface area contributed by atoms with E-state index in [1.807, 2.05) is 26.0 Å². The lowest BCUT2D eigenvalue weighted by Gasteiger charge is -2.17. The topological polar surface area (TPSA) is 74.5 Å². The molecule has 0 bridgehead atoms. The lowest BCUT2D eigenvalue weighted by Crippen LogP contribution is -2.21. The van der Waals surface area contributed by atoms with E-state index in [9.17, 15) is 4.79 Å². The van der Waals surface area contributed by atoms with Crippen molar-refractivity contribution in [2.45, 2.75) is 32.7 Å². The third-order valence-electron chi connectivity index (χ3n) is 4.28. The molecular formula is C18H17ClN4O. The predicted octanol–water partition coefficient (Wildman–Crippen LogP) is 4.28. The Bertz CT molecular complexity index is 992. The van der Waals surface area contributed by atoms with Crippen LogP contribution in [0.1, 0.15) is 38.3 Å². The number of hydrogen-bond donors (Lipinski definition) is 1. The third-order valence-corrected chi connectivity index (χ3v) is 4.57. The van der Waals surface area contributed by atoms with Crippen molar-refractivity contribution >= 4 is 22.8 Å². The molecule has 0 saturated carbocycles. The smallest absolute Gasteiger partial charge is 0.290 e. The first kappa shape index (κ1) is 16.3. The Hall–Kier alpha value is -2.58. The molecule has 5 nitrogen and oxygen atoms in total. The molecule has 0 unspecified atom stereocenters. The van der Waals surface area contributed by atoms with Crippen molar-refractivity contribution in [2.75, 3.05) is 0 Å². The van der Waals surface area contributed by atoms with Crippen molar-refractivity contribution < 1.29 is 0 Å². The highest BCUT2D eigenvalue weighted by atomic mass is 35.5. The number of nitrogens with zero attached hydrogens (tertiary/aromatic N) is 3. The van der Waals surface area contributed by atoms with Crippen LogP contribution >= 0.6 is 11.6 Å². The minimum Gasteiger partial charge on any atom is -0.290 e. The number of nitriles is 1. The maximum atomic E-state index is 12.5. The van der Waals surface area contributed by atoms with Crippen LogP contribution in [0.5, 0.6) is 0 Å². The van der Waals surface area contributed by atoms with Crippen LogP contribution in [0.2, 0.25) is 5.02 Å². The van der Waals surface area contributed by atoms with E-state index in [-0.39, 0.29) is 11.7 Å². The Morgan fingerprint density at radius 3 is 2.79 bits per heavy atom. The van der Waals surface area contributed by atoms with Gasteiger partial charge in [-0.1, -0.05) is 37.6 Å². The summed E-state index contributed by atoms with van der Waals surface area (Å²) in [6.45, 7) is 4.10. The van der Waals surface area contributed by atoms with Gasteiger partial charge < -0.3 is 0 Å². The van der Waals surface area contributed by atoms with Crippen molar-refractivity contribution in [1.82, 2.24) is 14.5 Å². The highest BCUT2D eigenvalue weighted by molar-refractivity contribution is 6.34. The normalized spacial score (nSPS) is 11.1. The second-order valence-corrected chi connectivity index (χ2v) is 6.05. The molecule has 122 valence electrons. The van der Waals surface area contributed by atoms with Crippen LogP contribution in [0.3, 0.4) is 0 Å². The number of hydrogen-bond acceptors (Lipinski definition) is 3. The molecule has 0 aliphatic carbocycles. The second kappa shape index (κ2) is 6.50. The van der Waals surface area contributed by atoms with Gasteiger partial charge in [0.2, 0.25) is 0 Å². The molecule has 0 amide bonds. The quantitative estimate of drug-likeness (QED) is 0.770. The van der Waals surface area contributed by atoms with Crippen molar-refractivity contribution in [3.8, 4) is 17.2 Å². The zero-order valence-electron chi connectivity index (χ0n) is 13.5. The van der Waals surface area contributed by atoms with Crippen LogP contribution in [0.25, 0.3) is 22.3 Å². The van der Waals surface area contributed by atoms with Gasteiger partial charge in [-0.3, -0.25) is 9.55 Å². The van der Waals surface area contributed by atoms with E-state index >= 15 is 0 Å². The summed E-state index contributed by atoms with van der Waals surface area (Å²) in [5.74, 6) is 0. The SMILES string of the molecule is CCC(CC)n1c(=O)[nH]c2ncc(Cl)c(-c3cccc(C#N)c3)c21. The van der Waals surface area contributed by atoms with E-state index in [2.05, 4.69) is 16.0 Å². The van der Waals surface area contributed by atoms with Gasteiger partial charge in [0, 0.05) is 17.8 Å². The fourth-order valence-electron chi connectivity index (χ4n) is 3.09. The molecule has 3 aromatic rings. The van der Waals surface area contributed by atoms with E-state index in [0.717, 1.165) is 24.0 Å². The van der Waals surface area contributed by atoms with E-state index in [1.54, 1.807) is 16.7 Å². The molecule has 24 heavy (non-hydrogen) atoms. The third kappa shape index (κ3) is 2.59. The van der Waals surface area contributed by atoms with Gasteiger partial charge in [-0.25, -0.2) is 9.78 Å². The lowest BCUT2D eigenvalue weighted by atomic mass is 10.0. The number of fused-ring (bicyclic) bond motifs is 1. The highest BCUT2D eigenvalue weighted by Crippen LogP contribution is 2.35. The minimum atomic E-state index is -0.189. The Labute approximate surface area is 144 Å². The fraction of sp³-hybridized carbons (Fsp3) is 0.278. The minimum absolute atomic E-state index is 0.0596. The summed E-state index contributed by atoms with van der Waals surface area (Å²) in [4.78, 5) is 19.6. The molecule has 2 aromatic heterocycles. The van der Waals surface area contributed by atoms with Crippen molar-refractivity contribution in [2.24, 2.45) is 0 Å². The Balaban J connectivity index is 2.41. The van der Waals surface area contributed by atoms with Gasteiger partial charge in [-0.2, -0.15) is 5.26 Å². The Morgan fingerprint density at radius 1 is 1.38 bits per heavy atom. The van der Waals surface area contributed by atoms with E-state index in [0.29, 0.717) is 21.7 Å². The molecule has 0 fully saturated rings. The molecule has 3 rings (SSSR count). The first-order chi connectivity index (χ1) is 11.6. The number of benzene rings is 1. The zero-order chi connectivity index (χ0) is 17.3. The standard InChI is InChI=1S/C18H17ClN4O/c1-3-13(4-2)23-16-15(12-7-5-6-11(8-12)9-20)14(19)10-21-17(16)22-18(23)24/h5-8,10,13H,3-4H2,1-2H3,(H,21,22,24). The van der Waals surface area contributed by atoms with Gasteiger partial charge in [-0.15, -0.1) is 0 Å². The maximum Gasteiger partial charge on any atom is 0.327 e. The van der Waals surface area contributed by atoms with Gasteiger partial charge in [0.15, 0.2) is 5.65 Å². The van der Waals surface area contributed by atoms with Crippen LogP contribution in [-0.4, -0.2) is 14.5 Å². The number of halogens is 1. The molecule has 0 atom stereocenters. The summed E-state index contributed by atoms with van der Waals surface area (Å²) in [5, 5.41) is 9.61. The number of aromatic amines is 1. The van der Waals surface area contributed by atoms with Gasteiger partial charge in [-0.05, 0) is 30.5 Å². The van der Waals surface area contributed by atoms with E-state index in [4.69, 9.17) is 16.9 Å². The van der Waals surface area contributed by atoms with Crippen LogP contribution in [0.4, 0.5) is 0 Å².